The van der Waals surface area contributed by atoms with Crippen LogP contribution in [0.4, 0.5) is 15.8 Å². The lowest BCUT2D eigenvalue weighted by molar-refractivity contribution is 0.0793. The van der Waals surface area contributed by atoms with Gasteiger partial charge in [-0.25, -0.2) is 4.39 Å². The first-order chi connectivity index (χ1) is 13.2. The van der Waals surface area contributed by atoms with Crippen LogP contribution in [0.3, 0.4) is 0 Å². The number of nitrogens with one attached hydrogen (secondary N) is 1. The van der Waals surface area contributed by atoms with E-state index in [-0.39, 0.29) is 11.7 Å². The number of pyridine rings is 1. The Morgan fingerprint density at radius 2 is 2.00 bits per heavy atom. The van der Waals surface area contributed by atoms with Crippen LogP contribution in [0.25, 0.3) is 10.9 Å². The molecule has 1 N–H and O–H groups in total. The lowest BCUT2D eigenvalue weighted by atomic mass is 10.1. The van der Waals surface area contributed by atoms with Crippen molar-refractivity contribution in [3.05, 3.63) is 65.6 Å². The van der Waals surface area contributed by atoms with E-state index in [2.05, 4.69) is 29.4 Å². The van der Waals surface area contributed by atoms with Crippen molar-refractivity contribution in [1.29, 1.82) is 0 Å². The van der Waals surface area contributed by atoms with E-state index in [1.807, 2.05) is 17.0 Å². The highest BCUT2D eigenvalue weighted by atomic mass is 19.1. The molecule has 138 valence electrons. The number of anilines is 2. The molecule has 4 rings (SSSR count). The molecule has 1 saturated heterocycles. The Bertz CT molecular complexity index is 996. The first kappa shape index (κ1) is 17.5. The van der Waals surface area contributed by atoms with E-state index in [1.54, 1.807) is 12.3 Å². The summed E-state index contributed by atoms with van der Waals surface area (Å²) in [6, 6.07) is 12.5. The minimum absolute atomic E-state index is 0.0553. The quantitative estimate of drug-likeness (QED) is 0.716. The third kappa shape index (κ3) is 3.50. The molecule has 0 bridgehead atoms. The monoisotopic (exact) mass is 363 g/mol. The lowest BCUT2D eigenvalue weighted by Gasteiger charge is -2.20. The van der Waals surface area contributed by atoms with Gasteiger partial charge in [-0.1, -0.05) is 19.1 Å². The van der Waals surface area contributed by atoms with Crippen molar-refractivity contribution in [3.63, 3.8) is 0 Å². The number of nitrogens with zero attached hydrogens (tertiary/aromatic N) is 2. The van der Waals surface area contributed by atoms with Crippen LogP contribution >= 0.6 is 0 Å². The third-order valence-electron chi connectivity index (χ3n) is 5.06. The Morgan fingerprint density at radius 1 is 1.19 bits per heavy atom. The average Bonchev–Trinajstić information content (AvgIpc) is 3.23. The van der Waals surface area contributed by atoms with Crippen molar-refractivity contribution >= 4 is 28.2 Å². The van der Waals surface area contributed by atoms with Gasteiger partial charge in [-0.05, 0) is 55.2 Å². The maximum absolute atomic E-state index is 14.0. The fourth-order valence-corrected chi connectivity index (χ4v) is 3.57. The molecule has 0 aliphatic carbocycles. The highest BCUT2D eigenvalue weighted by Crippen LogP contribution is 2.31. The van der Waals surface area contributed by atoms with Crippen LogP contribution in [-0.2, 0) is 6.42 Å². The van der Waals surface area contributed by atoms with Crippen LogP contribution in [0.1, 0.15) is 35.7 Å². The number of likely N-dealkylation sites (tertiary alicyclic amines) is 1. The van der Waals surface area contributed by atoms with Crippen molar-refractivity contribution in [2.24, 2.45) is 0 Å². The van der Waals surface area contributed by atoms with Gasteiger partial charge in [0.25, 0.3) is 5.91 Å². The number of halogens is 1. The maximum atomic E-state index is 14.0. The van der Waals surface area contributed by atoms with Crippen LogP contribution in [-0.4, -0.2) is 28.9 Å². The van der Waals surface area contributed by atoms with Gasteiger partial charge in [-0.15, -0.1) is 0 Å². The van der Waals surface area contributed by atoms with E-state index in [1.165, 1.54) is 17.7 Å². The Kier molecular flexibility index (Phi) is 4.75. The number of hydrogen-bond acceptors (Lipinski definition) is 3. The molecule has 0 spiro atoms. The molecular formula is C22H22FN3O. The van der Waals surface area contributed by atoms with E-state index in [0.717, 1.165) is 38.0 Å². The van der Waals surface area contributed by atoms with Gasteiger partial charge in [-0.3, -0.25) is 9.78 Å². The van der Waals surface area contributed by atoms with Crippen LogP contribution in [0.15, 0.2) is 48.7 Å². The lowest BCUT2D eigenvalue weighted by Crippen LogP contribution is -2.28. The zero-order valence-electron chi connectivity index (χ0n) is 15.3. The van der Waals surface area contributed by atoms with Gasteiger partial charge in [0.2, 0.25) is 0 Å². The van der Waals surface area contributed by atoms with Gasteiger partial charge in [-0.2, -0.15) is 0 Å². The Labute approximate surface area is 158 Å². The molecule has 1 aromatic heterocycles. The topological polar surface area (TPSA) is 45.2 Å². The number of carbonyl (C=O) groups is 1. The molecule has 0 radical (unpaired) electrons. The van der Waals surface area contributed by atoms with Crippen LogP contribution in [0.5, 0.6) is 0 Å². The number of aryl methyl sites for hydroxylation is 1. The number of aromatic nitrogens is 1. The molecule has 0 saturated carbocycles. The molecule has 1 aliphatic heterocycles. The zero-order valence-corrected chi connectivity index (χ0v) is 15.3. The number of hydrogen-bond donors (Lipinski definition) is 1. The second kappa shape index (κ2) is 7.35. The predicted molar refractivity (Wildman–Crippen MR) is 106 cm³/mol. The Morgan fingerprint density at radius 3 is 2.78 bits per heavy atom. The Hall–Kier alpha value is -2.95. The van der Waals surface area contributed by atoms with Gasteiger partial charge >= 0.3 is 0 Å². The van der Waals surface area contributed by atoms with Gasteiger partial charge in [0.05, 0.1) is 16.8 Å². The number of rotatable bonds is 4. The van der Waals surface area contributed by atoms with E-state index in [0.29, 0.717) is 22.2 Å². The van der Waals surface area contributed by atoms with E-state index < -0.39 is 0 Å². The SMILES string of the molecule is CCc1cccc(Nc2c(C(=O)N3CCCC3)cnc3ccc(F)cc23)c1. The molecule has 1 fully saturated rings. The fourth-order valence-electron chi connectivity index (χ4n) is 3.57. The van der Waals surface area contributed by atoms with E-state index in [4.69, 9.17) is 0 Å². The summed E-state index contributed by atoms with van der Waals surface area (Å²) in [5.41, 5.74) is 3.82. The molecule has 5 heteroatoms. The van der Waals surface area contributed by atoms with Crippen LogP contribution < -0.4 is 5.32 Å². The highest BCUT2D eigenvalue weighted by Gasteiger charge is 2.24. The minimum Gasteiger partial charge on any atom is -0.354 e. The van der Waals surface area contributed by atoms with E-state index >= 15 is 0 Å². The summed E-state index contributed by atoms with van der Waals surface area (Å²) in [7, 11) is 0. The van der Waals surface area contributed by atoms with Crippen LogP contribution in [0.2, 0.25) is 0 Å². The summed E-state index contributed by atoms with van der Waals surface area (Å²) in [6.45, 7) is 3.61. The van der Waals surface area contributed by atoms with E-state index in [9.17, 15) is 9.18 Å². The van der Waals surface area contributed by atoms with Crippen molar-refractivity contribution in [2.45, 2.75) is 26.2 Å². The summed E-state index contributed by atoms with van der Waals surface area (Å²) in [6.07, 6.45) is 4.55. The first-order valence-electron chi connectivity index (χ1n) is 9.39. The standard InChI is InChI=1S/C22H22FN3O/c1-2-15-6-5-7-17(12-15)25-21-18-13-16(23)8-9-20(18)24-14-19(21)22(27)26-10-3-4-11-26/h5-9,12-14H,2-4,10-11H2,1H3,(H,24,25). The second-order valence-corrected chi connectivity index (χ2v) is 6.89. The highest BCUT2D eigenvalue weighted by molar-refractivity contribution is 6.08. The summed E-state index contributed by atoms with van der Waals surface area (Å²) in [4.78, 5) is 19.3. The van der Waals surface area contributed by atoms with Gasteiger partial charge in [0.15, 0.2) is 0 Å². The predicted octanol–water partition coefficient (Wildman–Crippen LogP) is 4.92. The second-order valence-electron chi connectivity index (χ2n) is 6.89. The molecule has 0 atom stereocenters. The van der Waals surface area contributed by atoms with Crippen molar-refractivity contribution < 1.29 is 9.18 Å². The van der Waals surface area contributed by atoms with Gasteiger partial charge in [0, 0.05) is 30.4 Å². The normalized spacial score (nSPS) is 13.9. The smallest absolute Gasteiger partial charge is 0.257 e. The maximum Gasteiger partial charge on any atom is 0.257 e. The number of amides is 1. The molecule has 2 aromatic carbocycles. The number of fused-ring (bicyclic) bond motifs is 1. The molecule has 3 aromatic rings. The summed E-state index contributed by atoms with van der Waals surface area (Å²) >= 11 is 0. The largest absolute Gasteiger partial charge is 0.354 e. The summed E-state index contributed by atoms with van der Waals surface area (Å²) in [5, 5.41) is 3.98. The molecule has 1 aliphatic rings. The molecule has 1 amide bonds. The molecule has 2 heterocycles. The summed E-state index contributed by atoms with van der Waals surface area (Å²) < 4.78 is 14.0. The molecular weight excluding hydrogens is 341 g/mol. The van der Waals surface area contributed by atoms with Crippen molar-refractivity contribution in [1.82, 2.24) is 9.88 Å². The zero-order chi connectivity index (χ0) is 18.8. The van der Waals surface area contributed by atoms with Crippen LogP contribution in [0, 0.1) is 5.82 Å². The summed E-state index contributed by atoms with van der Waals surface area (Å²) in [5.74, 6) is -0.402. The van der Waals surface area contributed by atoms with Gasteiger partial charge in [0.1, 0.15) is 5.82 Å². The minimum atomic E-state index is -0.347. The average molecular weight is 363 g/mol. The fraction of sp³-hybridized carbons (Fsp3) is 0.273. The number of benzene rings is 2. The third-order valence-corrected chi connectivity index (χ3v) is 5.06. The number of carbonyl (C=O) groups excluding carboxylic acids is 1. The van der Waals surface area contributed by atoms with Gasteiger partial charge < -0.3 is 10.2 Å². The Balaban J connectivity index is 1.84. The first-order valence-corrected chi connectivity index (χ1v) is 9.39. The molecule has 0 unspecified atom stereocenters. The molecule has 27 heavy (non-hydrogen) atoms. The van der Waals surface area contributed by atoms with Crippen molar-refractivity contribution in [2.75, 3.05) is 18.4 Å². The molecule has 4 nitrogen and oxygen atoms in total. The van der Waals surface area contributed by atoms with Crippen molar-refractivity contribution in [3.8, 4) is 0 Å².